The van der Waals surface area contributed by atoms with Gasteiger partial charge in [0.25, 0.3) is 0 Å². The van der Waals surface area contributed by atoms with Gasteiger partial charge in [-0.25, -0.2) is 0 Å². The van der Waals surface area contributed by atoms with Crippen LogP contribution in [0, 0.1) is 0 Å². The van der Waals surface area contributed by atoms with Crippen LogP contribution in [0.1, 0.15) is 48.1 Å². The zero-order valence-electron chi connectivity index (χ0n) is 12.3. The molecule has 1 nitrogen and oxygen atoms in total. The summed E-state index contributed by atoms with van der Waals surface area (Å²) in [6.45, 7) is 0. The second-order valence-electron chi connectivity index (χ2n) is 5.81. The quantitative estimate of drug-likeness (QED) is 0.830. The van der Waals surface area contributed by atoms with Crippen molar-refractivity contribution in [2.45, 2.75) is 42.2 Å². The summed E-state index contributed by atoms with van der Waals surface area (Å²) in [7, 11) is 0. The molecule has 3 rings (SSSR count). The van der Waals surface area contributed by atoms with Crippen LogP contribution < -0.4 is 5.73 Å². The molecule has 1 saturated carbocycles. The van der Waals surface area contributed by atoms with Crippen LogP contribution >= 0.6 is 11.8 Å². The summed E-state index contributed by atoms with van der Waals surface area (Å²) in [6.07, 6.45) is 5.44. The Balaban J connectivity index is 1.84. The van der Waals surface area contributed by atoms with Gasteiger partial charge < -0.3 is 5.73 Å². The normalized spacial score (nSPS) is 18.5. The Morgan fingerprint density at radius 2 is 1.33 bits per heavy atom. The van der Waals surface area contributed by atoms with Gasteiger partial charge in [0.1, 0.15) is 0 Å². The molecule has 0 saturated heterocycles. The summed E-state index contributed by atoms with van der Waals surface area (Å²) in [5.74, 6) is 0. The second-order valence-corrected chi connectivity index (χ2v) is 7.26. The molecule has 2 N–H and O–H groups in total. The van der Waals surface area contributed by atoms with Gasteiger partial charge >= 0.3 is 0 Å². The molecule has 0 amide bonds. The van der Waals surface area contributed by atoms with Crippen LogP contribution in [0.5, 0.6) is 0 Å². The molecule has 1 fully saturated rings. The number of nitrogens with two attached hydrogens (primary N) is 1. The van der Waals surface area contributed by atoms with Gasteiger partial charge in [0.05, 0.1) is 0 Å². The molecule has 21 heavy (non-hydrogen) atoms. The second kappa shape index (κ2) is 7.15. The molecule has 0 aromatic heterocycles. The lowest BCUT2D eigenvalue weighted by Gasteiger charge is -2.27. The average molecular weight is 297 g/mol. The number of benzene rings is 2. The molecule has 0 bridgehead atoms. The highest BCUT2D eigenvalue weighted by Gasteiger charge is 2.27. The summed E-state index contributed by atoms with van der Waals surface area (Å²) >= 11 is 2.08. The van der Waals surface area contributed by atoms with Crippen molar-refractivity contribution in [2.75, 3.05) is 0 Å². The van der Waals surface area contributed by atoms with Crippen molar-refractivity contribution >= 4 is 11.8 Å². The topological polar surface area (TPSA) is 26.0 Å². The lowest BCUT2D eigenvalue weighted by Crippen LogP contribution is -2.19. The molecule has 0 heterocycles. The van der Waals surface area contributed by atoms with Crippen LogP contribution in [0.4, 0.5) is 0 Å². The van der Waals surface area contributed by atoms with Gasteiger partial charge in [0.2, 0.25) is 0 Å². The minimum Gasteiger partial charge on any atom is -0.323 e. The van der Waals surface area contributed by atoms with Crippen molar-refractivity contribution in [3.8, 4) is 0 Å². The zero-order valence-corrected chi connectivity index (χ0v) is 13.1. The van der Waals surface area contributed by atoms with Crippen LogP contribution in [0.3, 0.4) is 0 Å². The minimum atomic E-state index is 0.0548. The summed E-state index contributed by atoms with van der Waals surface area (Å²) in [6, 6.07) is 21.3. The smallest absolute Gasteiger partial charge is 0.0492 e. The fraction of sp³-hybridized carbons (Fsp3) is 0.368. The first-order chi connectivity index (χ1) is 10.3. The van der Waals surface area contributed by atoms with Crippen LogP contribution in [0.15, 0.2) is 60.7 Å². The van der Waals surface area contributed by atoms with E-state index in [1.807, 2.05) is 0 Å². The van der Waals surface area contributed by atoms with Gasteiger partial charge in [-0.1, -0.05) is 73.5 Å². The van der Waals surface area contributed by atoms with Gasteiger partial charge in [-0.2, -0.15) is 0 Å². The van der Waals surface area contributed by atoms with E-state index >= 15 is 0 Å². The van der Waals surface area contributed by atoms with E-state index in [4.69, 9.17) is 5.73 Å². The lowest BCUT2D eigenvalue weighted by molar-refractivity contribution is 0.699. The highest BCUT2D eigenvalue weighted by molar-refractivity contribution is 8.00. The third kappa shape index (κ3) is 3.69. The Morgan fingerprint density at radius 1 is 0.810 bits per heavy atom. The molecule has 0 radical (unpaired) electrons. The van der Waals surface area contributed by atoms with Gasteiger partial charge in [0, 0.05) is 16.5 Å². The standard InChI is InChI=1S/C19H23NS/c20-18(15-9-3-1-4-10-15)19(16-11-5-2-6-12-16)21-17-13-7-8-14-17/h1-6,9-12,17-19H,7-8,13-14,20H2. The number of hydrogen-bond acceptors (Lipinski definition) is 2. The Hall–Kier alpha value is -1.25. The summed E-state index contributed by atoms with van der Waals surface area (Å²) in [5, 5.41) is 1.11. The van der Waals surface area contributed by atoms with E-state index in [1.165, 1.54) is 36.8 Å². The molecule has 1 aliphatic carbocycles. The fourth-order valence-electron chi connectivity index (χ4n) is 3.10. The Labute approximate surface area is 132 Å². The van der Waals surface area contributed by atoms with Crippen molar-refractivity contribution in [3.63, 3.8) is 0 Å². The van der Waals surface area contributed by atoms with Crippen LogP contribution in [0.25, 0.3) is 0 Å². The maximum atomic E-state index is 6.63. The largest absolute Gasteiger partial charge is 0.323 e. The molecule has 2 heteroatoms. The van der Waals surface area contributed by atoms with E-state index in [9.17, 15) is 0 Å². The van der Waals surface area contributed by atoms with Crippen molar-refractivity contribution in [1.29, 1.82) is 0 Å². The summed E-state index contributed by atoms with van der Waals surface area (Å²) < 4.78 is 0. The number of hydrogen-bond donors (Lipinski definition) is 1. The predicted octanol–water partition coefficient (Wildman–Crippen LogP) is 5.10. The van der Waals surface area contributed by atoms with E-state index in [0.29, 0.717) is 5.25 Å². The van der Waals surface area contributed by atoms with E-state index in [1.54, 1.807) is 0 Å². The van der Waals surface area contributed by atoms with Gasteiger partial charge in [0.15, 0.2) is 0 Å². The van der Waals surface area contributed by atoms with Crippen molar-refractivity contribution < 1.29 is 0 Å². The summed E-state index contributed by atoms with van der Waals surface area (Å²) in [4.78, 5) is 0. The molecule has 110 valence electrons. The zero-order chi connectivity index (χ0) is 14.5. The molecule has 2 unspecified atom stereocenters. The van der Waals surface area contributed by atoms with Gasteiger partial charge in [-0.15, -0.1) is 11.8 Å². The minimum absolute atomic E-state index is 0.0548. The maximum absolute atomic E-state index is 6.63. The van der Waals surface area contributed by atoms with Crippen LogP contribution in [-0.2, 0) is 0 Å². The van der Waals surface area contributed by atoms with Crippen molar-refractivity contribution in [1.82, 2.24) is 0 Å². The fourth-order valence-corrected chi connectivity index (χ4v) is 4.76. The van der Waals surface area contributed by atoms with E-state index in [0.717, 1.165) is 5.25 Å². The molecule has 2 aromatic rings. The highest BCUT2D eigenvalue weighted by atomic mass is 32.2. The first-order valence-electron chi connectivity index (χ1n) is 7.85. The van der Waals surface area contributed by atoms with Crippen LogP contribution in [0.2, 0.25) is 0 Å². The van der Waals surface area contributed by atoms with E-state index in [-0.39, 0.29) is 6.04 Å². The van der Waals surface area contributed by atoms with Crippen LogP contribution in [-0.4, -0.2) is 5.25 Å². The van der Waals surface area contributed by atoms with Gasteiger partial charge in [-0.3, -0.25) is 0 Å². The van der Waals surface area contributed by atoms with Gasteiger partial charge in [-0.05, 0) is 24.0 Å². The first-order valence-corrected chi connectivity index (χ1v) is 8.80. The molecule has 0 spiro atoms. The average Bonchev–Trinajstić information content (AvgIpc) is 3.07. The number of thioether (sulfide) groups is 1. The van der Waals surface area contributed by atoms with E-state index in [2.05, 4.69) is 72.4 Å². The van der Waals surface area contributed by atoms with Crippen molar-refractivity contribution in [2.24, 2.45) is 5.73 Å². The molecule has 2 aromatic carbocycles. The lowest BCUT2D eigenvalue weighted by atomic mass is 9.99. The molecular formula is C19H23NS. The monoisotopic (exact) mass is 297 g/mol. The molecular weight excluding hydrogens is 274 g/mol. The predicted molar refractivity (Wildman–Crippen MR) is 92.4 cm³/mol. The third-order valence-electron chi connectivity index (χ3n) is 4.28. The maximum Gasteiger partial charge on any atom is 0.0492 e. The molecule has 1 aliphatic rings. The highest BCUT2D eigenvalue weighted by Crippen LogP contribution is 2.45. The summed E-state index contributed by atoms with van der Waals surface area (Å²) in [5.41, 5.74) is 9.21. The molecule has 2 atom stereocenters. The Bertz CT molecular complexity index is 534. The Morgan fingerprint density at radius 3 is 1.90 bits per heavy atom. The first kappa shape index (κ1) is 14.7. The molecule has 0 aliphatic heterocycles. The van der Waals surface area contributed by atoms with E-state index < -0.39 is 0 Å². The Kier molecular flexibility index (Phi) is 5.00. The number of rotatable bonds is 5. The SMILES string of the molecule is NC(c1ccccc1)C(SC1CCCC1)c1ccccc1. The van der Waals surface area contributed by atoms with Crippen molar-refractivity contribution in [3.05, 3.63) is 71.8 Å². The third-order valence-corrected chi connectivity index (χ3v) is 5.99.